The van der Waals surface area contributed by atoms with Crippen LogP contribution in [0.15, 0.2) is 28.4 Å². The molecule has 0 atom stereocenters. The fourth-order valence-corrected chi connectivity index (χ4v) is 7.75. The number of rotatable bonds is 5. The topological polar surface area (TPSA) is 60.4 Å². The van der Waals surface area contributed by atoms with Gasteiger partial charge in [-0.1, -0.05) is 41.0 Å². The Balaban J connectivity index is 1.51. The Kier molecular flexibility index (Phi) is 7.24. The number of ether oxygens (including phenoxy) is 2. The van der Waals surface area contributed by atoms with Gasteiger partial charge in [-0.15, -0.1) is 23.1 Å². The number of benzene rings is 1. The SMILES string of the molecule is CSc1nc(SCc2ccc(Cl)c(Cl)c2)c2sc3nc(N4CCOCC4)c4c(c3c2n1)CC(C)(C)OC4. The number of fused-ring (bicyclic) bond motifs is 5. The molecule has 0 saturated carbocycles. The molecule has 2 aliphatic heterocycles. The van der Waals surface area contributed by atoms with Gasteiger partial charge in [-0.3, -0.25) is 0 Å². The Labute approximate surface area is 238 Å². The van der Waals surface area contributed by atoms with E-state index >= 15 is 0 Å². The van der Waals surface area contributed by atoms with Gasteiger partial charge in [-0.2, -0.15) is 0 Å². The smallest absolute Gasteiger partial charge is 0.189 e. The molecule has 0 N–H and O–H groups in total. The zero-order chi connectivity index (χ0) is 25.7. The largest absolute Gasteiger partial charge is 0.378 e. The molecule has 37 heavy (non-hydrogen) atoms. The first kappa shape index (κ1) is 25.9. The molecule has 1 fully saturated rings. The second-order valence-electron chi connectivity index (χ2n) is 9.73. The van der Waals surface area contributed by atoms with Crippen LogP contribution in [-0.4, -0.2) is 53.1 Å². The molecule has 6 rings (SSSR count). The normalized spacial score (nSPS) is 17.5. The molecule has 194 valence electrons. The van der Waals surface area contributed by atoms with Gasteiger partial charge in [0.15, 0.2) is 5.16 Å². The van der Waals surface area contributed by atoms with E-state index in [4.69, 9.17) is 47.6 Å². The highest BCUT2D eigenvalue weighted by atomic mass is 35.5. The summed E-state index contributed by atoms with van der Waals surface area (Å²) < 4.78 is 13.0. The van der Waals surface area contributed by atoms with Gasteiger partial charge in [-0.05, 0) is 43.4 Å². The van der Waals surface area contributed by atoms with E-state index in [1.807, 2.05) is 24.5 Å². The highest BCUT2D eigenvalue weighted by Gasteiger charge is 2.33. The van der Waals surface area contributed by atoms with Gasteiger partial charge in [0.05, 0.1) is 45.7 Å². The Morgan fingerprint density at radius 2 is 1.89 bits per heavy atom. The summed E-state index contributed by atoms with van der Waals surface area (Å²) in [6, 6.07) is 5.77. The van der Waals surface area contributed by atoms with Crippen LogP contribution >= 0.6 is 58.1 Å². The van der Waals surface area contributed by atoms with E-state index < -0.39 is 0 Å². The van der Waals surface area contributed by atoms with Crippen LogP contribution in [0.25, 0.3) is 20.4 Å². The van der Waals surface area contributed by atoms with E-state index in [0.717, 1.165) is 67.3 Å². The summed E-state index contributed by atoms with van der Waals surface area (Å²) in [5.41, 5.74) is 4.33. The molecule has 0 unspecified atom stereocenters. The number of hydrogen-bond donors (Lipinski definition) is 0. The van der Waals surface area contributed by atoms with Crippen LogP contribution in [0, 0.1) is 0 Å². The van der Waals surface area contributed by atoms with Crippen molar-refractivity contribution in [3.8, 4) is 0 Å². The van der Waals surface area contributed by atoms with Gasteiger partial charge < -0.3 is 14.4 Å². The lowest BCUT2D eigenvalue weighted by Crippen LogP contribution is -2.39. The summed E-state index contributed by atoms with van der Waals surface area (Å²) >= 11 is 17.3. The fraction of sp³-hybridized carbons (Fsp3) is 0.423. The molecular weight excluding hydrogens is 567 g/mol. The summed E-state index contributed by atoms with van der Waals surface area (Å²) in [7, 11) is 0. The summed E-state index contributed by atoms with van der Waals surface area (Å²) in [6.45, 7) is 7.96. The maximum Gasteiger partial charge on any atom is 0.189 e. The van der Waals surface area contributed by atoms with Gasteiger partial charge >= 0.3 is 0 Å². The van der Waals surface area contributed by atoms with Crippen LogP contribution in [0.2, 0.25) is 10.0 Å². The van der Waals surface area contributed by atoms with Gasteiger partial charge in [0.25, 0.3) is 0 Å². The molecule has 1 saturated heterocycles. The Morgan fingerprint density at radius 1 is 1.08 bits per heavy atom. The van der Waals surface area contributed by atoms with Crippen molar-refractivity contribution >= 4 is 84.3 Å². The monoisotopic (exact) mass is 592 g/mol. The van der Waals surface area contributed by atoms with Gasteiger partial charge in [0, 0.05) is 36.2 Å². The maximum atomic E-state index is 6.28. The lowest BCUT2D eigenvalue weighted by atomic mass is 9.90. The molecule has 2 aliphatic rings. The van der Waals surface area contributed by atoms with Crippen LogP contribution in [0.4, 0.5) is 5.82 Å². The number of halogens is 2. The van der Waals surface area contributed by atoms with Crippen molar-refractivity contribution in [2.24, 2.45) is 0 Å². The molecule has 0 amide bonds. The second-order valence-corrected chi connectivity index (χ2v) is 13.3. The zero-order valence-electron chi connectivity index (χ0n) is 20.8. The molecule has 4 aromatic rings. The van der Waals surface area contributed by atoms with E-state index in [1.54, 1.807) is 34.9 Å². The average Bonchev–Trinajstić information content (AvgIpc) is 3.27. The van der Waals surface area contributed by atoms with Gasteiger partial charge in [0.2, 0.25) is 0 Å². The molecule has 0 spiro atoms. The lowest BCUT2D eigenvalue weighted by Gasteiger charge is -2.36. The summed E-state index contributed by atoms with van der Waals surface area (Å²) in [5, 5.41) is 4.01. The third-order valence-electron chi connectivity index (χ3n) is 6.67. The van der Waals surface area contributed by atoms with Crippen LogP contribution < -0.4 is 4.90 Å². The molecule has 0 aliphatic carbocycles. The zero-order valence-corrected chi connectivity index (χ0v) is 24.7. The number of pyridine rings is 1. The minimum Gasteiger partial charge on any atom is -0.378 e. The molecule has 11 heteroatoms. The molecule has 0 radical (unpaired) electrons. The molecular formula is C26H26Cl2N4O2S3. The predicted molar refractivity (Wildman–Crippen MR) is 156 cm³/mol. The van der Waals surface area contributed by atoms with Crippen molar-refractivity contribution in [1.82, 2.24) is 15.0 Å². The van der Waals surface area contributed by atoms with E-state index in [1.165, 1.54) is 11.1 Å². The van der Waals surface area contributed by atoms with Crippen molar-refractivity contribution in [2.75, 3.05) is 37.5 Å². The Morgan fingerprint density at radius 3 is 2.65 bits per heavy atom. The summed E-state index contributed by atoms with van der Waals surface area (Å²) in [5.74, 6) is 1.76. The van der Waals surface area contributed by atoms with E-state index in [2.05, 4.69) is 18.7 Å². The first-order valence-electron chi connectivity index (χ1n) is 12.1. The van der Waals surface area contributed by atoms with E-state index in [-0.39, 0.29) is 5.60 Å². The highest BCUT2D eigenvalue weighted by Crippen LogP contribution is 2.45. The van der Waals surface area contributed by atoms with Crippen LogP contribution in [0.5, 0.6) is 0 Å². The summed E-state index contributed by atoms with van der Waals surface area (Å²) in [4.78, 5) is 18.5. The first-order valence-corrected chi connectivity index (χ1v) is 15.8. The Hall–Kier alpha value is -1.33. The van der Waals surface area contributed by atoms with E-state index in [0.29, 0.717) is 29.9 Å². The number of anilines is 1. The van der Waals surface area contributed by atoms with Crippen LogP contribution in [-0.2, 0) is 28.3 Å². The number of hydrogen-bond acceptors (Lipinski definition) is 9. The summed E-state index contributed by atoms with van der Waals surface area (Å²) in [6.07, 6.45) is 2.83. The van der Waals surface area contributed by atoms with E-state index in [9.17, 15) is 0 Å². The molecule has 1 aromatic carbocycles. The van der Waals surface area contributed by atoms with Crippen molar-refractivity contribution in [3.05, 3.63) is 44.9 Å². The second kappa shape index (κ2) is 10.3. The third kappa shape index (κ3) is 5.04. The van der Waals surface area contributed by atoms with Crippen molar-refractivity contribution in [1.29, 1.82) is 0 Å². The molecule has 5 heterocycles. The predicted octanol–water partition coefficient (Wildman–Crippen LogP) is 7.25. The number of morpholine rings is 1. The molecule has 0 bridgehead atoms. The molecule has 3 aromatic heterocycles. The van der Waals surface area contributed by atoms with Crippen molar-refractivity contribution < 1.29 is 9.47 Å². The molecule has 6 nitrogen and oxygen atoms in total. The number of nitrogens with zero attached hydrogens (tertiary/aromatic N) is 4. The fourth-order valence-electron chi connectivity index (χ4n) is 4.82. The van der Waals surface area contributed by atoms with Gasteiger partial charge in [0.1, 0.15) is 15.7 Å². The first-order chi connectivity index (χ1) is 17.8. The number of thiophene rings is 1. The average molecular weight is 594 g/mol. The highest BCUT2D eigenvalue weighted by molar-refractivity contribution is 7.99. The minimum absolute atomic E-state index is 0.251. The number of thioether (sulfide) groups is 2. The standard InChI is InChI=1S/C26H26Cl2N4O2S3/c1-26(2)11-15-16(12-34-26)22(32-6-8-33-9-7-32)30-23-19(15)20-21(37-23)24(31-25(29-20)35-3)36-13-14-4-5-17(27)18(28)10-14/h4-5,10H,6-9,11-13H2,1-3H3. The maximum absolute atomic E-state index is 6.28. The Bertz CT molecular complexity index is 1500. The quantitative estimate of drug-likeness (QED) is 0.136. The van der Waals surface area contributed by atoms with Crippen molar-refractivity contribution in [2.45, 2.75) is 48.4 Å². The van der Waals surface area contributed by atoms with Gasteiger partial charge in [-0.25, -0.2) is 15.0 Å². The number of aromatic nitrogens is 3. The van der Waals surface area contributed by atoms with Crippen LogP contribution in [0.1, 0.15) is 30.5 Å². The lowest BCUT2D eigenvalue weighted by molar-refractivity contribution is -0.0396. The minimum atomic E-state index is -0.251. The van der Waals surface area contributed by atoms with Crippen LogP contribution in [0.3, 0.4) is 0 Å². The van der Waals surface area contributed by atoms with Crippen molar-refractivity contribution in [3.63, 3.8) is 0 Å². The third-order valence-corrected chi connectivity index (χ3v) is 10.2.